The van der Waals surface area contributed by atoms with Gasteiger partial charge in [0.15, 0.2) is 28.1 Å². The normalized spacial score (nSPS) is 29.0. The van der Waals surface area contributed by atoms with Crippen LogP contribution >= 0.6 is 0 Å². The lowest BCUT2D eigenvalue weighted by Gasteiger charge is -2.54. The van der Waals surface area contributed by atoms with Gasteiger partial charge in [-0.25, -0.2) is 16.8 Å². The predicted molar refractivity (Wildman–Crippen MR) is 99.8 cm³/mol. The van der Waals surface area contributed by atoms with Gasteiger partial charge in [0, 0.05) is 0 Å². The lowest BCUT2D eigenvalue weighted by molar-refractivity contribution is 0.561. The Morgan fingerprint density at radius 1 is 0.591 bits per heavy atom. The molecule has 0 atom stereocenters. The second kappa shape index (κ2) is 4.92. The van der Waals surface area contributed by atoms with Gasteiger partial charge in [-0.2, -0.15) is 0 Å². The average molecular weight is 385 g/mol. The lowest BCUT2D eigenvalue weighted by Crippen LogP contribution is -2.75. The second-order valence-electron chi connectivity index (χ2n) is 9.79. The molecule has 1 heterocycles. The summed E-state index contributed by atoms with van der Waals surface area (Å²) in [7, 11) is -12.3. The molecule has 1 fully saturated rings. The third-order valence-corrected chi connectivity index (χ3v) is 32.9. The summed E-state index contributed by atoms with van der Waals surface area (Å²) in [4.78, 5) is 0. The first kappa shape index (κ1) is 20.4. The van der Waals surface area contributed by atoms with Gasteiger partial charge in [-0.1, -0.05) is 67.7 Å². The van der Waals surface area contributed by atoms with Gasteiger partial charge in [-0.15, -0.1) is 0 Å². The molecule has 1 aliphatic heterocycles. The van der Waals surface area contributed by atoms with E-state index in [4.69, 9.17) is 0 Å². The minimum absolute atomic E-state index is 0.282. The highest BCUT2D eigenvalue weighted by Gasteiger charge is 2.73. The van der Waals surface area contributed by atoms with Gasteiger partial charge in [-0.05, 0) is 10.1 Å². The van der Waals surface area contributed by atoms with Gasteiger partial charge in [0.05, 0.1) is 16.1 Å². The molecule has 0 bridgehead atoms. The molecule has 0 spiro atoms. The quantitative estimate of drug-likeness (QED) is 0.682. The molecule has 1 saturated heterocycles. The van der Waals surface area contributed by atoms with Crippen LogP contribution in [0.5, 0.6) is 0 Å². The summed E-state index contributed by atoms with van der Waals surface area (Å²) in [5, 5.41) is -0.563. The Morgan fingerprint density at radius 3 is 0.909 bits per heavy atom. The van der Waals surface area contributed by atoms with E-state index in [2.05, 4.69) is 0 Å². The van der Waals surface area contributed by atoms with Crippen molar-refractivity contribution in [2.75, 3.05) is 0 Å². The van der Waals surface area contributed by atoms with Gasteiger partial charge >= 0.3 is 0 Å². The third kappa shape index (κ3) is 2.57. The molecule has 1 rings (SSSR count). The van der Waals surface area contributed by atoms with Gasteiger partial charge in [0.1, 0.15) is 0 Å². The van der Waals surface area contributed by atoms with E-state index in [0.717, 1.165) is 0 Å². The van der Waals surface area contributed by atoms with E-state index in [-0.39, 0.29) is 10.1 Å². The van der Waals surface area contributed by atoms with Crippen molar-refractivity contribution in [2.45, 2.75) is 86.2 Å². The largest absolute Gasteiger partial charge is 0.227 e. The van der Waals surface area contributed by atoms with Crippen molar-refractivity contribution in [3.8, 4) is 0 Å². The Morgan fingerprint density at radius 2 is 0.773 bits per heavy atom. The molecule has 4 nitrogen and oxygen atoms in total. The van der Waals surface area contributed by atoms with Crippen molar-refractivity contribution in [2.24, 2.45) is 0 Å². The Hall–Kier alpha value is 0.334. The van der Waals surface area contributed by atoms with Crippen LogP contribution < -0.4 is 0 Å². The zero-order valence-electron chi connectivity index (χ0n) is 15.6. The Bertz CT molecular complexity index is 583. The Labute approximate surface area is 138 Å². The van der Waals surface area contributed by atoms with Gasteiger partial charge in [-0.3, -0.25) is 0 Å². The molecule has 8 heteroatoms. The maximum absolute atomic E-state index is 13.0. The molecular formula is C14H32O4S2Si2. The van der Waals surface area contributed by atoms with Gasteiger partial charge in [0.2, 0.25) is 0 Å². The molecule has 0 amide bonds. The van der Waals surface area contributed by atoms with E-state index in [0.29, 0.717) is 0 Å². The SMILES string of the molecule is CC(C)(C)[Si](C)(C)C1S(=O)(=O)C([Si](C)(C)C(C)(C)C)S1(=O)=O. The third-order valence-electron chi connectivity index (χ3n) is 6.24. The summed E-state index contributed by atoms with van der Waals surface area (Å²) in [5.74, 6) is 0. The van der Waals surface area contributed by atoms with E-state index in [1.165, 1.54) is 0 Å². The summed E-state index contributed by atoms with van der Waals surface area (Å²) < 4.78 is 49.9. The molecule has 132 valence electrons. The highest BCUT2D eigenvalue weighted by Crippen LogP contribution is 2.54. The molecule has 0 aromatic heterocycles. The fraction of sp³-hybridized carbons (Fsp3) is 1.00. The monoisotopic (exact) mass is 384 g/mol. The van der Waals surface area contributed by atoms with E-state index >= 15 is 0 Å². The van der Waals surface area contributed by atoms with Crippen LogP contribution in [0.2, 0.25) is 36.3 Å². The minimum Gasteiger partial charge on any atom is -0.227 e. The molecular weight excluding hydrogens is 352 g/mol. The van der Waals surface area contributed by atoms with Crippen LogP contribution in [-0.4, -0.2) is 41.4 Å². The van der Waals surface area contributed by atoms with Crippen molar-refractivity contribution < 1.29 is 16.8 Å². The average Bonchev–Trinajstić information content (AvgIpc) is 2.07. The predicted octanol–water partition coefficient (Wildman–Crippen LogP) is 3.58. The first-order valence-corrected chi connectivity index (χ1v) is 17.1. The van der Waals surface area contributed by atoms with Crippen molar-refractivity contribution >= 4 is 35.8 Å². The van der Waals surface area contributed by atoms with E-state index in [1.54, 1.807) is 0 Å². The smallest absolute Gasteiger partial charge is 0.178 e. The van der Waals surface area contributed by atoms with Crippen LogP contribution in [0.15, 0.2) is 0 Å². The molecule has 0 N–H and O–H groups in total. The molecule has 0 aromatic carbocycles. The number of hydrogen-bond acceptors (Lipinski definition) is 4. The molecule has 0 radical (unpaired) electrons. The minimum atomic E-state index is -3.62. The highest BCUT2D eigenvalue weighted by atomic mass is 32.3. The lowest BCUT2D eigenvalue weighted by atomic mass is 10.2. The van der Waals surface area contributed by atoms with Crippen molar-refractivity contribution in [3.05, 3.63) is 0 Å². The van der Waals surface area contributed by atoms with Crippen LogP contribution in [0.25, 0.3) is 0 Å². The van der Waals surface area contributed by atoms with E-state index in [9.17, 15) is 16.8 Å². The van der Waals surface area contributed by atoms with Crippen molar-refractivity contribution in [3.63, 3.8) is 0 Å². The van der Waals surface area contributed by atoms with Gasteiger partial charge in [0.25, 0.3) is 0 Å². The Kier molecular flexibility index (Phi) is 4.56. The zero-order valence-corrected chi connectivity index (χ0v) is 19.2. The summed E-state index contributed by atoms with van der Waals surface area (Å²) in [6, 6.07) is 0. The van der Waals surface area contributed by atoms with Crippen molar-refractivity contribution in [1.82, 2.24) is 0 Å². The standard InChI is InChI=1S/C14H32O4S2Si2/c1-13(2,3)21(7,8)11-19(15,16)12(20(11,17)18)22(9,10)14(4,5)6/h11-12H,1-10H3. The van der Waals surface area contributed by atoms with Crippen LogP contribution in [0.1, 0.15) is 41.5 Å². The molecule has 0 saturated carbocycles. The van der Waals surface area contributed by atoms with Crippen molar-refractivity contribution in [1.29, 1.82) is 0 Å². The van der Waals surface area contributed by atoms with Crippen LogP contribution in [0.4, 0.5) is 0 Å². The molecule has 0 aromatic rings. The second-order valence-corrected chi connectivity index (χ2v) is 27.3. The summed E-state index contributed by atoms with van der Waals surface area (Å²) >= 11 is 0. The summed E-state index contributed by atoms with van der Waals surface area (Å²) in [5.41, 5.74) is 0. The molecule has 1 aliphatic rings. The maximum Gasteiger partial charge on any atom is 0.178 e. The maximum atomic E-state index is 13.0. The van der Waals surface area contributed by atoms with E-state index in [1.807, 2.05) is 67.7 Å². The fourth-order valence-corrected chi connectivity index (χ4v) is 29.3. The highest BCUT2D eigenvalue weighted by molar-refractivity contribution is 8.29. The zero-order chi connectivity index (χ0) is 18.2. The molecule has 22 heavy (non-hydrogen) atoms. The van der Waals surface area contributed by atoms with Crippen LogP contribution in [0, 0.1) is 0 Å². The van der Waals surface area contributed by atoms with E-state index < -0.39 is 44.2 Å². The summed E-state index contributed by atoms with van der Waals surface area (Å²) in [6.07, 6.45) is 0. The number of rotatable bonds is 2. The first-order chi connectivity index (χ1) is 9.23. The molecule has 0 aliphatic carbocycles. The van der Waals surface area contributed by atoms with Crippen LogP contribution in [-0.2, 0) is 19.7 Å². The first-order valence-electron chi connectivity index (χ1n) is 7.69. The number of sulfone groups is 2. The fourth-order valence-electron chi connectivity index (χ4n) is 2.89. The number of hydrogen-bond donors (Lipinski definition) is 0. The summed E-state index contributed by atoms with van der Waals surface area (Å²) in [6.45, 7) is 19.4. The van der Waals surface area contributed by atoms with Gasteiger partial charge < -0.3 is 0 Å². The van der Waals surface area contributed by atoms with Crippen LogP contribution in [0.3, 0.4) is 0 Å². The topological polar surface area (TPSA) is 68.3 Å². The Balaban J connectivity index is 3.54. The molecule has 0 unspecified atom stereocenters.